The number of rotatable bonds is 3. The Kier molecular flexibility index (Phi) is 4.00. The fourth-order valence-electron chi connectivity index (χ4n) is 2.57. The molecule has 0 aliphatic carbocycles. The molecular weight excluding hydrogens is 285 g/mol. The first-order valence-corrected chi connectivity index (χ1v) is 7.25. The third kappa shape index (κ3) is 3.05. The second-order valence-corrected chi connectivity index (χ2v) is 5.34. The van der Waals surface area contributed by atoms with Gasteiger partial charge in [0.1, 0.15) is 11.5 Å². The van der Waals surface area contributed by atoms with Gasteiger partial charge in [-0.3, -0.25) is 9.59 Å². The van der Waals surface area contributed by atoms with Crippen LogP contribution in [0.15, 0.2) is 41.2 Å². The SMILES string of the molecule is O=C(c1ccc(=O)n(Cc2cccc(F)c2)n1)N1CCCC1. The molecule has 0 unspecified atom stereocenters. The summed E-state index contributed by atoms with van der Waals surface area (Å²) in [5.41, 5.74) is 0.556. The van der Waals surface area contributed by atoms with Gasteiger partial charge in [0.25, 0.3) is 11.5 Å². The summed E-state index contributed by atoms with van der Waals surface area (Å²) in [7, 11) is 0. The molecule has 2 aromatic rings. The zero-order valence-corrected chi connectivity index (χ0v) is 12.0. The highest BCUT2D eigenvalue weighted by Crippen LogP contribution is 2.11. The molecule has 0 bridgehead atoms. The minimum absolute atomic E-state index is 0.137. The van der Waals surface area contributed by atoms with Gasteiger partial charge in [-0.2, -0.15) is 5.10 Å². The number of likely N-dealkylation sites (tertiary alicyclic amines) is 1. The predicted molar refractivity (Wildman–Crippen MR) is 79.1 cm³/mol. The zero-order chi connectivity index (χ0) is 15.5. The molecule has 3 rings (SSSR count). The minimum Gasteiger partial charge on any atom is -0.337 e. The summed E-state index contributed by atoms with van der Waals surface area (Å²) in [6, 6.07) is 8.76. The Labute approximate surface area is 127 Å². The number of nitrogens with zero attached hydrogens (tertiary/aromatic N) is 3. The van der Waals surface area contributed by atoms with E-state index < -0.39 is 0 Å². The Hall–Kier alpha value is -2.50. The number of hydrogen-bond acceptors (Lipinski definition) is 3. The fourth-order valence-corrected chi connectivity index (χ4v) is 2.57. The van der Waals surface area contributed by atoms with Crippen molar-refractivity contribution < 1.29 is 9.18 Å². The molecule has 1 aromatic heterocycles. The topological polar surface area (TPSA) is 55.2 Å². The van der Waals surface area contributed by atoms with Gasteiger partial charge >= 0.3 is 0 Å². The first-order valence-electron chi connectivity index (χ1n) is 7.25. The number of amides is 1. The van der Waals surface area contributed by atoms with Crippen molar-refractivity contribution in [2.75, 3.05) is 13.1 Å². The molecule has 1 aliphatic rings. The summed E-state index contributed by atoms with van der Waals surface area (Å²) in [6.45, 7) is 1.59. The molecule has 1 amide bonds. The second kappa shape index (κ2) is 6.09. The summed E-state index contributed by atoms with van der Waals surface area (Å²) in [6.07, 6.45) is 1.99. The van der Waals surface area contributed by atoms with Gasteiger partial charge in [-0.05, 0) is 36.6 Å². The average molecular weight is 301 g/mol. The lowest BCUT2D eigenvalue weighted by atomic mass is 10.2. The van der Waals surface area contributed by atoms with Crippen molar-refractivity contribution in [3.63, 3.8) is 0 Å². The van der Waals surface area contributed by atoms with E-state index in [1.807, 2.05) is 0 Å². The van der Waals surface area contributed by atoms with Crippen LogP contribution < -0.4 is 5.56 Å². The van der Waals surface area contributed by atoms with Crippen LogP contribution >= 0.6 is 0 Å². The molecular formula is C16H16FN3O2. The van der Waals surface area contributed by atoms with Gasteiger partial charge in [0.15, 0.2) is 0 Å². The highest BCUT2D eigenvalue weighted by atomic mass is 19.1. The predicted octanol–water partition coefficient (Wildman–Crippen LogP) is 1.67. The molecule has 5 nitrogen and oxygen atoms in total. The molecule has 1 aromatic carbocycles. The minimum atomic E-state index is -0.366. The Bertz CT molecular complexity index is 751. The summed E-state index contributed by atoms with van der Waals surface area (Å²) in [5, 5.41) is 4.13. The van der Waals surface area contributed by atoms with Gasteiger partial charge in [0, 0.05) is 19.2 Å². The van der Waals surface area contributed by atoms with Crippen LogP contribution in [0.4, 0.5) is 4.39 Å². The molecule has 0 N–H and O–H groups in total. The first kappa shape index (κ1) is 14.4. The highest BCUT2D eigenvalue weighted by Gasteiger charge is 2.21. The van der Waals surface area contributed by atoms with Gasteiger partial charge in [0.2, 0.25) is 0 Å². The Balaban J connectivity index is 1.86. The molecule has 0 spiro atoms. The highest BCUT2D eigenvalue weighted by molar-refractivity contribution is 5.92. The van der Waals surface area contributed by atoms with E-state index in [1.165, 1.54) is 28.9 Å². The van der Waals surface area contributed by atoms with Crippen LogP contribution in [0.2, 0.25) is 0 Å². The van der Waals surface area contributed by atoms with Crippen molar-refractivity contribution in [2.45, 2.75) is 19.4 Å². The number of benzene rings is 1. The van der Waals surface area contributed by atoms with Crippen molar-refractivity contribution >= 4 is 5.91 Å². The maximum Gasteiger partial charge on any atom is 0.274 e. The van der Waals surface area contributed by atoms with Crippen molar-refractivity contribution in [3.8, 4) is 0 Å². The van der Waals surface area contributed by atoms with E-state index in [2.05, 4.69) is 5.10 Å². The van der Waals surface area contributed by atoms with Gasteiger partial charge in [-0.15, -0.1) is 0 Å². The smallest absolute Gasteiger partial charge is 0.274 e. The average Bonchev–Trinajstić information content (AvgIpc) is 3.03. The maximum atomic E-state index is 13.2. The van der Waals surface area contributed by atoms with E-state index in [9.17, 15) is 14.0 Å². The lowest BCUT2D eigenvalue weighted by Crippen LogP contribution is -2.32. The van der Waals surface area contributed by atoms with Gasteiger partial charge in [-0.1, -0.05) is 12.1 Å². The Morgan fingerprint density at radius 1 is 1.18 bits per heavy atom. The molecule has 1 aliphatic heterocycles. The van der Waals surface area contributed by atoms with E-state index in [0.717, 1.165) is 25.9 Å². The third-order valence-corrected chi connectivity index (χ3v) is 3.70. The molecule has 0 atom stereocenters. The molecule has 0 radical (unpaired) electrons. The van der Waals surface area contributed by atoms with Gasteiger partial charge in [0.05, 0.1) is 6.54 Å². The maximum absolute atomic E-state index is 13.2. The molecule has 22 heavy (non-hydrogen) atoms. The van der Waals surface area contributed by atoms with Gasteiger partial charge < -0.3 is 4.90 Å². The molecule has 114 valence electrons. The second-order valence-electron chi connectivity index (χ2n) is 5.34. The summed E-state index contributed by atoms with van der Waals surface area (Å²) < 4.78 is 14.4. The van der Waals surface area contributed by atoms with Crippen LogP contribution in [0.5, 0.6) is 0 Å². The van der Waals surface area contributed by atoms with Crippen LogP contribution in [-0.4, -0.2) is 33.7 Å². The zero-order valence-electron chi connectivity index (χ0n) is 12.0. The van der Waals surface area contributed by atoms with Crippen LogP contribution in [-0.2, 0) is 6.54 Å². The largest absolute Gasteiger partial charge is 0.337 e. The van der Waals surface area contributed by atoms with Crippen LogP contribution in [0.25, 0.3) is 0 Å². The van der Waals surface area contributed by atoms with Crippen LogP contribution in [0.3, 0.4) is 0 Å². The standard InChI is InChI=1S/C16H16FN3O2/c17-13-5-3-4-12(10-13)11-20-15(21)7-6-14(18-20)16(22)19-8-1-2-9-19/h3-7,10H,1-2,8-9,11H2. The summed E-state index contributed by atoms with van der Waals surface area (Å²) >= 11 is 0. The van der Waals surface area contributed by atoms with E-state index in [1.54, 1.807) is 17.0 Å². The third-order valence-electron chi connectivity index (χ3n) is 3.70. The summed E-state index contributed by atoms with van der Waals surface area (Å²) in [4.78, 5) is 25.9. The van der Waals surface area contributed by atoms with E-state index in [-0.39, 0.29) is 29.5 Å². The number of aromatic nitrogens is 2. The van der Waals surface area contributed by atoms with Crippen molar-refractivity contribution in [1.82, 2.24) is 14.7 Å². The van der Waals surface area contributed by atoms with E-state index in [0.29, 0.717) is 5.56 Å². The number of carbonyl (C=O) groups is 1. The Morgan fingerprint density at radius 3 is 2.68 bits per heavy atom. The normalized spacial score (nSPS) is 14.3. The number of hydrogen-bond donors (Lipinski definition) is 0. The molecule has 0 saturated carbocycles. The van der Waals surface area contributed by atoms with Crippen molar-refractivity contribution in [3.05, 3.63) is 63.8 Å². The van der Waals surface area contributed by atoms with Crippen LogP contribution in [0.1, 0.15) is 28.9 Å². The lowest BCUT2D eigenvalue weighted by Gasteiger charge is -2.15. The molecule has 1 saturated heterocycles. The van der Waals surface area contributed by atoms with Gasteiger partial charge in [-0.25, -0.2) is 9.07 Å². The monoisotopic (exact) mass is 301 g/mol. The quantitative estimate of drug-likeness (QED) is 0.866. The van der Waals surface area contributed by atoms with Crippen molar-refractivity contribution in [2.24, 2.45) is 0 Å². The van der Waals surface area contributed by atoms with Crippen molar-refractivity contribution in [1.29, 1.82) is 0 Å². The molecule has 2 heterocycles. The summed E-state index contributed by atoms with van der Waals surface area (Å²) in [5.74, 6) is -0.527. The first-order chi connectivity index (χ1) is 10.6. The Morgan fingerprint density at radius 2 is 1.95 bits per heavy atom. The number of halogens is 1. The van der Waals surface area contributed by atoms with E-state index >= 15 is 0 Å². The lowest BCUT2D eigenvalue weighted by molar-refractivity contribution is 0.0784. The van der Waals surface area contributed by atoms with E-state index in [4.69, 9.17) is 0 Å². The molecule has 1 fully saturated rings. The fraction of sp³-hybridized carbons (Fsp3) is 0.312. The number of carbonyl (C=O) groups excluding carboxylic acids is 1. The molecule has 6 heteroatoms. The van der Waals surface area contributed by atoms with Crippen LogP contribution in [0, 0.1) is 5.82 Å².